The molecule has 0 radical (unpaired) electrons. The second-order valence-corrected chi connectivity index (χ2v) is 7.34. The second-order valence-electron chi connectivity index (χ2n) is 6.42. The number of nitrogens with zero attached hydrogens (tertiary/aromatic N) is 4. The molecule has 0 aliphatic heterocycles. The zero-order valence-corrected chi connectivity index (χ0v) is 17.1. The largest absolute Gasteiger partial charge is 0.354 e. The topological polar surface area (TPSA) is 66.0 Å². The maximum atomic E-state index is 4.65. The molecule has 0 saturated heterocycles. The monoisotopic (exact) mass is 426 g/mol. The molecule has 0 fully saturated rings. The van der Waals surface area contributed by atoms with Crippen LogP contribution in [0.5, 0.6) is 0 Å². The lowest BCUT2D eigenvalue weighted by atomic mass is 10.2. The molecule has 0 unspecified atom stereocenters. The third-order valence-corrected chi connectivity index (χ3v) is 4.34. The van der Waals surface area contributed by atoms with Gasteiger partial charge in [-0.25, -0.2) is 4.98 Å². The minimum atomic E-state index is 0.604. The number of halogens is 1. The van der Waals surface area contributed by atoms with Crippen LogP contribution in [0.4, 0.5) is 17.5 Å². The normalized spacial score (nSPS) is 10.8. The van der Waals surface area contributed by atoms with E-state index in [4.69, 9.17) is 0 Å². The first-order valence-corrected chi connectivity index (χ1v) is 9.60. The Kier molecular flexibility index (Phi) is 6.73. The molecule has 0 aliphatic carbocycles. The molecule has 7 heteroatoms. The molecular weight excluding hydrogens is 404 g/mol. The van der Waals surface area contributed by atoms with Gasteiger partial charge in [0, 0.05) is 40.7 Å². The predicted octanol–water partition coefficient (Wildman–Crippen LogP) is 4.41. The first-order valence-electron chi connectivity index (χ1n) is 8.81. The smallest absolute Gasteiger partial charge is 0.225 e. The van der Waals surface area contributed by atoms with Crippen LogP contribution >= 0.6 is 15.9 Å². The summed E-state index contributed by atoms with van der Waals surface area (Å²) in [6.45, 7) is 1.82. The predicted molar refractivity (Wildman–Crippen MR) is 114 cm³/mol. The zero-order valence-electron chi connectivity index (χ0n) is 15.5. The summed E-state index contributed by atoms with van der Waals surface area (Å²) in [4.78, 5) is 15.6. The van der Waals surface area contributed by atoms with Gasteiger partial charge in [0.25, 0.3) is 0 Å². The summed E-state index contributed by atoms with van der Waals surface area (Å²) < 4.78 is 1.01. The standard InChI is InChI=1S/C20H23BrN6/c1-27(2)11-5-10-23-20-25-18(15-6-4-9-22-14-15)13-19(26-20)24-17-8-3-7-16(21)12-17/h3-4,6-9,12-14H,5,10-11H2,1-2H3,(H2,23,24,25,26). The number of anilines is 3. The van der Waals surface area contributed by atoms with Crippen molar-refractivity contribution in [2.75, 3.05) is 37.8 Å². The zero-order chi connectivity index (χ0) is 19.1. The summed E-state index contributed by atoms with van der Waals surface area (Å²) in [5.74, 6) is 1.34. The first kappa shape index (κ1) is 19.3. The van der Waals surface area contributed by atoms with Crippen LogP contribution in [0.1, 0.15) is 6.42 Å². The Labute approximate surface area is 168 Å². The molecule has 2 heterocycles. The van der Waals surface area contributed by atoms with E-state index in [1.54, 1.807) is 12.4 Å². The van der Waals surface area contributed by atoms with Crippen LogP contribution in [0.15, 0.2) is 59.3 Å². The molecule has 0 spiro atoms. The number of pyridine rings is 1. The van der Waals surface area contributed by atoms with Gasteiger partial charge in [0.05, 0.1) is 5.69 Å². The molecule has 2 aromatic heterocycles. The molecule has 0 bridgehead atoms. The molecule has 3 rings (SSSR count). The first-order chi connectivity index (χ1) is 13.1. The second kappa shape index (κ2) is 9.43. The van der Waals surface area contributed by atoms with Gasteiger partial charge in [-0.3, -0.25) is 4.98 Å². The number of benzene rings is 1. The molecule has 140 valence electrons. The van der Waals surface area contributed by atoms with Gasteiger partial charge in [0.2, 0.25) is 5.95 Å². The number of rotatable bonds is 8. The molecule has 6 nitrogen and oxygen atoms in total. The maximum absolute atomic E-state index is 4.65. The SMILES string of the molecule is CN(C)CCCNc1nc(Nc2cccc(Br)c2)cc(-c2cccnc2)n1. The minimum Gasteiger partial charge on any atom is -0.354 e. The molecule has 0 saturated carbocycles. The van der Waals surface area contributed by atoms with Crippen molar-refractivity contribution in [1.82, 2.24) is 19.9 Å². The number of hydrogen-bond acceptors (Lipinski definition) is 6. The lowest BCUT2D eigenvalue weighted by Gasteiger charge is -2.13. The van der Waals surface area contributed by atoms with Crippen LogP contribution < -0.4 is 10.6 Å². The number of hydrogen-bond donors (Lipinski definition) is 2. The van der Waals surface area contributed by atoms with Crippen molar-refractivity contribution >= 4 is 33.4 Å². The fourth-order valence-electron chi connectivity index (χ4n) is 2.56. The highest BCUT2D eigenvalue weighted by Gasteiger charge is 2.08. The number of nitrogens with one attached hydrogen (secondary N) is 2. The average molecular weight is 427 g/mol. The van der Waals surface area contributed by atoms with Gasteiger partial charge in [-0.15, -0.1) is 0 Å². The Balaban J connectivity index is 1.83. The Hall–Kier alpha value is -2.51. The third kappa shape index (κ3) is 6.01. The molecule has 0 amide bonds. The van der Waals surface area contributed by atoms with Crippen LogP contribution in [0.2, 0.25) is 0 Å². The number of aromatic nitrogens is 3. The summed E-state index contributed by atoms with van der Waals surface area (Å²) in [6, 6.07) is 13.8. The highest BCUT2D eigenvalue weighted by Crippen LogP contribution is 2.24. The van der Waals surface area contributed by atoms with E-state index in [0.29, 0.717) is 5.95 Å². The van der Waals surface area contributed by atoms with Crippen molar-refractivity contribution in [2.45, 2.75) is 6.42 Å². The summed E-state index contributed by atoms with van der Waals surface area (Å²) in [7, 11) is 4.14. The van der Waals surface area contributed by atoms with Crippen LogP contribution in [0.25, 0.3) is 11.3 Å². The van der Waals surface area contributed by atoms with Gasteiger partial charge in [-0.1, -0.05) is 22.0 Å². The van der Waals surface area contributed by atoms with E-state index < -0.39 is 0 Å². The fourth-order valence-corrected chi connectivity index (χ4v) is 2.96. The summed E-state index contributed by atoms with van der Waals surface area (Å²) in [5, 5.41) is 6.68. The molecule has 27 heavy (non-hydrogen) atoms. The quantitative estimate of drug-likeness (QED) is 0.520. The van der Waals surface area contributed by atoms with Gasteiger partial charge >= 0.3 is 0 Å². The summed E-state index contributed by atoms with van der Waals surface area (Å²) in [5.41, 5.74) is 2.73. The van der Waals surface area contributed by atoms with Crippen molar-refractivity contribution < 1.29 is 0 Å². The molecule has 0 aliphatic rings. The van der Waals surface area contributed by atoms with E-state index in [1.807, 2.05) is 42.5 Å². The molecule has 0 atom stereocenters. The summed E-state index contributed by atoms with van der Waals surface area (Å²) in [6.07, 6.45) is 4.58. The Bertz CT molecular complexity index is 869. The van der Waals surface area contributed by atoms with Crippen LogP contribution in [-0.2, 0) is 0 Å². The van der Waals surface area contributed by atoms with Gasteiger partial charge < -0.3 is 15.5 Å². The van der Waals surface area contributed by atoms with Crippen LogP contribution in [0, 0.1) is 0 Å². The van der Waals surface area contributed by atoms with Crippen molar-refractivity contribution in [2.24, 2.45) is 0 Å². The van der Waals surface area contributed by atoms with E-state index in [9.17, 15) is 0 Å². The average Bonchev–Trinajstić information content (AvgIpc) is 2.66. The van der Waals surface area contributed by atoms with E-state index in [2.05, 4.69) is 60.5 Å². The van der Waals surface area contributed by atoms with Gasteiger partial charge in [-0.2, -0.15) is 4.98 Å². The Morgan fingerprint density at radius 2 is 1.96 bits per heavy atom. The minimum absolute atomic E-state index is 0.604. The van der Waals surface area contributed by atoms with Crippen molar-refractivity contribution in [3.8, 4) is 11.3 Å². The van der Waals surface area contributed by atoms with Gasteiger partial charge in [0.1, 0.15) is 5.82 Å². The van der Waals surface area contributed by atoms with Crippen molar-refractivity contribution in [3.63, 3.8) is 0 Å². The van der Waals surface area contributed by atoms with E-state index in [1.165, 1.54) is 0 Å². The van der Waals surface area contributed by atoms with Crippen LogP contribution in [-0.4, -0.2) is 47.0 Å². The van der Waals surface area contributed by atoms with Gasteiger partial charge in [-0.05, 0) is 57.4 Å². The van der Waals surface area contributed by atoms with Crippen molar-refractivity contribution in [3.05, 3.63) is 59.3 Å². The molecule has 3 aromatic rings. The van der Waals surface area contributed by atoms with Crippen molar-refractivity contribution in [1.29, 1.82) is 0 Å². The lowest BCUT2D eigenvalue weighted by Crippen LogP contribution is -2.17. The van der Waals surface area contributed by atoms with E-state index in [-0.39, 0.29) is 0 Å². The highest BCUT2D eigenvalue weighted by molar-refractivity contribution is 9.10. The fraction of sp³-hybridized carbons (Fsp3) is 0.250. The van der Waals surface area contributed by atoms with Crippen LogP contribution in [0.3, 0.4) is 0 Å². The Morgan fingerprint density at radius 3 is 2.70 bits per heavy atom. The molecule has 1 aromatic carbocycles. The third-order valence-electron chi connectivity index (χ3n) is 3.85. The van der Waals surface area contributed by atoms with E-state index in [0.717, 1.165) is 46.7 Å². The Morgan fingerprint density at radius 1 is 1.07 bits per heavy atom. The van der Waals surface area contributed by atoms with E-state index >= 15 is 0 Å². The van der Waals surface area contributed by atoms with Gasteiger partial charge in [0.15, 0.2) is 0 Å². The highest BCUT2D eigenvalue weighted by atomic mass is 79.9. The molecule has 2 N–H and O–H groups in total. The molecular formula is C20H23BrN6. The maximum Gasteiger partial charge on any atom is 0.225 e. The summed E-state index contributed by atoms with van der Waals surface area (Å²) >= 11 is 3.50. The lowest BCUT2D eigenvalue weighted by molar-refractivity contribution is 0.405.